The number of piperidine rings is 1. The highest BCUT2D eigenvalue weighted by atomic mass is 19.1. The minimum atomic E-state index is -0.176. The van der Waals surface area contributed by atoms with Crippen molar-refractivity contribution in [2.24, 2.45) is 5.92 Å². The predicted molar refractivity (Wildman–Crippen MR) is 65.1 cm³/mol. The van der Waals surface area contributed by atoms with E-state index in [-0.39, 0.29) is 5.82 Å². The monoisotopic (exact) mass is 222 g/mol. The van der Waals surface area contributed by atoms with Gasteiger partial charge in [0.15, 0.2) is 0 Å². The Labute approximate surface area is 96.5 Å². The van der Waals surface area contributed by atoms with E-state index >= 15 is 0 Å². The van der Waals surface area contributed by atoms with Gasteiger partial charge in [0.2, 0.25) is 0 Å². The van der Waals surface area contributed by atoms with Crippen LogP contribution in [0.2, 0.25) is 0 Å². The summed E-state index contributed by atoms with van der Waals surface area (Å²) >= 11 is 0. The Bertz CT molecular complexity index is 315. The summed E-state index contributed by atoms with van der Waals surface area (Å²) in [7, 11) is 2.17. The van der Waals surface area contributed by atoms with Crippen LogP contribution in [0.1, 0.15) is 12.8 Å². The average molecular weight is 222 g/mol. The zero-order valence-corrected chi connectivity index (χ0v) is 9.75. The minimum Gasteiger partial charge on any atom is -0.385 e. The van der Waals surface area contributed by atoms with Gasteiger partial charge in [0.05, 0.1) is 0 Å². The van der Waals surface area contributed by atoms with Crippen LogP contribution in [0.15, 0.2) is 24.3 Å². The van der Waals surface area contributed by atoms with E-state index in [0.717, 1.165) is 18.2 Å². The molecule has 1 aliphatic heterocycles. The maximum absolute atomic E-state index is 12.7. The number of nitrogens with one attached hydrogen (secondary N) is 1. The molecule has 0 aliphatic carbocycles. The lowest BCUT2D eigenvalue weighted by molar-refractivity contribution is 0.226. The number of likely N-dealkylation sites (tertiary alicyclic amines) is 1. The molecule has 0 bridgehead atoms. The number of hydrogen-bond donors (Lipinski definition) is 1. The van der Waals surface area contributed by atoms with Crippen molar-refractivity contribution in [3.63, 3.8) is 0 Å². The van der Waals surface area contributed by atoms with Crippen LogP contribution in [0.3, 0.4) is 0 Å². The first-order valence-corrected chi connectivity index (χ1v) is 5.92. The lowest BCUT2D eigenvalue weighted by atomic mass is 9.97. The fourth-order valence-corrected chi connectivity index (χ4v) is 2.10. The second kappa shape index (κ2) is 5.30. The van der Waals surface area contributed by atoms with Crippen molar-refractivity contribution in [3.8, 4) is 0 Å². The fraction of sp³-hybridized carbons (Fsp3) is 0.538. The Hall–Kier alpha value is -1.09. The third kappa shape index (κ3) is 3.20. The van der Waals surface area contributed by atoms with E-state index in [4.69, 9.17) is 0 Å². The Morgan fingerprint density at radius 1 is 1.25 bits per heavy atom. The molecule has 1 aliphatic rings. The van der Waals surface area contributed by atoms with E-state index < -0.39 is 0 Å². The van der Waals surface area contributed by atoms with Gasteiger partial charge in [-0.2, -0.15) is 0 Å². The molecule has 1 aromatic carbocycles. The highest BCUT2D eigenvalue weighted by molar-refractivity contribution is 5.42. The van der Waals surface area contributed by atoms with Gasteiger partial charge in [0.25, 0.3) is 0 Å². The van der Waals surface area contributed by atoms with Gasteiger partial charge in [0.1, 0.15) is 5.82 Å². The van der Waals surface area contributed by atoms with Crippen molar-refractivity contribution in [1.82, 2.24) is 4.90 Å². The molecule has 0 radical (unpaired) electrons. The van der Waals surface area contributed by atoms with E-state index in [1.54, 1.807) is 12.1 Å². The highest BCUT2D eigenvalue weighted by Gasteiger charge is 2.15. The van der Waals surface area contributed by atoms with Gasteiger partial charge in [-0.1, -0.05) is 0 Å². The number of benzene rings is 1. The Kier molecular flexibility index (Phi) is 3.78. The van der Waals surface area contributed by atoms with Crippen LogP contribution in [0.25, 0.3) is 0 Å². The molecule has 0 spiro atoms. The van der Waals surface area contributed by atoms with Gasteiger partial charge in [-0.05, 0) is 63.2 Å². The smallest absolute Gasteiger partial charge is 0.123 e. The van der Waals surface area contributed by atoms with Gasteiger partial charge < -0.3 is 10.2 Å². The number of anilines is 1. The summed E-state index contributed by atoms with van der Waals surface area (Å²) in [6.45, 7) is 3.38. The average Bonchev–Trinajstić information content (AvgIpc) is 2.30. The first kappa shape index (κ1) is 11.4. The molecule has 0 unspecified atom stereocenters. The summed E-state index contributed by atoms with van der Waals surface area (Å²) in [5, 5.41) is 3.37. The zero-order valence-electron chi connectivity index (χ0n) is 9.75. The molecule has 0 amide bonds. The van der Waals surface area contributed by atoms with Crippen LogP contribution in [-0.4, -0.2) is 31.6 Å². The fourth-order valence-electron chi connectivity index (χ4n) is 2.10. The zero-order chi connectivity index (χ0) is 11.4. The van der Waals surface area contributed by atoms with Crippen molar-refractivity contribution < 1.29 is 4.39 Å². The van der Waals surface area contributed by atoms with Crippen molar-refractivity contribution >= 4 is 5.69 Å². The molecule has 2 nitrogen and oxygen atoms in total. The maximum Gasteiger partial charge on any atom is 0.123 e. The van der Waals surface area contributed by atoms with E-state index in [2.05, 4.69) is 17.3 Å². The summed E-state index contributed by atoms with van der Waals surface area (Å²) in [5.74, 6) is 0.575. The molecule has 1 saturated heterocycles. The number of nitrogens with zero attached hydrogens (tertiary/aromatic N) is 1. The van der Waals surface area contributed by atoms with Gasteiger partial charge in [0, 0.05) is 12.2 Å². The summed E-state index contributed by atoms with van der Waals surface area (Å²) in [4.78, 5) is 2.37. The molecule has 3 heteroatoms. The van der Waals surface area contributed by atoms with Gasteiger partial charge in [-0.15, -0.1) is 0 Å². The largest absolute Gasteiger partial charge is 0.385 e. The highest BCUT2D eigenvalue weighted by Crippen LogP contribution is 2.17. The van der Waals surface area contributed by atoms with Crippen LogP contribution in [0.5, 0.6) is 0 Å². The summed E-state index contributed by atoms with van der Waals surface area (Å²) in [5.41, 5.74) is 1.01. The standard InChI is InChI=1S/C13H19FN2/c1-16-8-6-11(7-9-16)10-15-13-4-2-12(14)3-5-13/h2-5,11,15H,6-10H2,1H3. The quantitative estimate of drug-likeness (QED) is 0.845. The molecular weight excluding hydrogens is 203 g/mol. The molecule has 1 N–H and O–H groups in total. The van der Waals surface area contributed by atoms with Crippen LogP contribution in [0.4, 0.5) is 10.1 Å². The van der Waals surface area contributed by atoms with Gasteiger partial charge in [-0.25, -0.2) is 4.39 Å². The topological polar surface area (TPSA) is 15.3 Å². The van der Waals surface area contributed by atoms with E-state index in [0.29, 0.717) is 0 Å². The van der Waals surface area contributed by atoms with E-state index in [1.807, 2.05) is 0 Å². The van der Waals surface area contributed by atoms with E-state index in [9.17, 15) is 4.39 Å². The molecule has 2 rings (SSSR count). The van der Waals surface area contributed by atoms with Crippen molar-refractivity contribution in [1.29, 1.82) is 0 Å². The summed E-state index contributed by atoms with van der Waals surface area (Å²) in [6.07, 6.45) is 2.51. The third-order valence-corrected chi connectivity index (χ3v) is 3.28. The molecule has 1 aromatic rings. The van der Waals surface area contributed by atoms with Crippen molar-refractivity contribution in [2.75, 3.05) is 32.0 Å². The first-order valence-electron chi connectivity index (χ1n) is 5.92. The summed E-state index contributed by atoms with van der Waals surface area (Å²) < 4.78 is 12.7. The summed E-state index contributed by atoms with van der Waals surface area (Å²) in [6, 6.07) is 6.59. The van der Waals surface area contributed by atoms with Crippen molar-refractivity contribution in [3.05, 3.63) is 30.1 Å². The molecule has 0 aromatic heterocycles. The Morgan fingerprint density at radius 2 is 1.88 bits per heavy atom. The van der Waals surface area contributed by atoms with Crippen LogP contribution >= 0.6 is 0 Å². The maximum atomic E-state index is 12.7. The second-order valence-electron chi connectivity index (χ2n) is 4.63. The van der Waals surface area contributed by atoms with Gasteiger partial charge in [-0.3, -0.25) is 0 Å². The molecule has 0 atom stereocenters. The van der Waals surface area contributed by atoms with E-state index in [1.165, 1.54) is 38.1 Å². The molecule has 1 heterocycles. The molecular formula is C13H19FN2. The number of hydrogen-bond acceptors (Lipinski definition) is 2. The predicted octanol–water partition coefficient (Wildman–Crippen LogP) is 2.58. The Balaban J connectivity index is 1.77. The molecule has 0 saturated carbocycles. The third-order valence-electron chi connectivity index (χ3n) is 3.28. The molecule has 88 valence electrons. The number of rotatable bonds is 3. The Morgan fingerprint density at radius 3 is 2.50 bits per heavy atom. The van der Waals surface area contributed by atoms with Crippen molar-refractivity contribution in [2.45, 2.75) is 12.8 Å². The lowest BCUT2D eigenvalue weighted by Crippen LogP contribution is -2.32. The molecule has 16 heavy (non-hydrogen) atoms. The SMILES string of the molecule is CN1CCC(CNc2ccc(F)cc2)CC1. The minimum absolute atomic E-state index is 0.176. The molecule has 1 fully saturated rings. The van der Waals surface area contributed by atoms with Crippen LogP contribution in [-0.2, 0) is 0 Å². The first-order chi connectivity index (χ1) is 7.74. The van der Waals surface area contributed by atoms with Gasteiger partial charge >= 0.3 is 0 Å². The lowest BCUT2D eigenvalue weighted by Gasteiger charge is -2.29. The second-order valence-corrected chi connectivity index (χ2v) is 4.63. The number of halogens is 1. The normalized spacial score (nSPS) is 18.6. The van der Waals surface area contributed by atoms with Crippen LogP contribution < -0.4 is 5.32 Å². The van der Waals surface area contributed by atoms with Crippen LogP contribution in [0, 0.1) is 11.7 Å².